The average molecular weight is 289 g/mol. The Hall–Kier alpha value is -2.04. The Morgan fingerprint density at radius 3 is 2.81 bits per heavy atom. The Kier molecular flexibility index (Phi) is 4.83. The number of nitrogens with one attached hydrogen (secondary N) is 1. The van der Waals surface area contributed by atoms with E-state index in [2.05, 4.69) is 12.2 Å². The quantitative estimate of drug-likeness (QED) is 0.894. The van der Waals surface area contributed by atoms with Gasteiger partial charge in [0.25, 0.3) is 0 Å². The topological polar surface area (TPSA) is 75.4 Å². The largest absolute Gasteiger partial charge is 0.366 e. The van der Waals surface area contributed by atoms with E-state index in [1.807, 2.05) is 11.8 Å². The van der Waals surface area contributed by atoms with Crippen LogP contribution in [0.1, 0.15) is 48.5 Å². The number of aryl methyl sites for hydroxylation is 1. The zero-order valence-electron chi connectivity index (χ0n) is 12.7. The SMILES string of the molecule is CCC[C@@H]1CCCN1C(=O)Nc1ccc(C(N)=O)cc1C. The van der Waals surface area contributed by atoms with Crippen LogP contribution in [0, 0.1) is 6.92 Å². The Morgan fingerprint density at radius 1 is 1.43 bits per heavy atom. The molecule has 1 aliphatic rings. The Balaban J connectivity index is 2.07. The molecule has 0 spiro atoms. The number of rotatable bonds is 4. The van der Waals surface area contributed by atoms with E-state index in [-0.39, 0.29) is 6.03 Å². The zero-order valence-corrected chi connectivity index (χ0v) is 12.7. The molecule has 3 N–H and O–H groups in total. The number of benzene rings is 1. The summed E-state index contributed by atoms with van der Waals surface area (Å²) in [6.07, 6.45) is 4.28. The molecule has 0 bridgehead atoms. The van der Waals surface area contributed by atoms with Crippen molar-refractivity contribution in [2.45, 2.75) is 45.6 Å². The fourth-order valence-electron chi connectivity index (χ4n) is 2.88. The first kappa shape index (κ1) is 15.4. The summed E-state index contributed by atoms with van der Waals surface area (Å²) in [5.74, 6) is -0.460. The molecule has 1 aliphatic heterocycles. The third-order valence-electron chi connectivity index (χ3n) is 4.01. The summed E-state index contributed by atoms with van der Waals surface area (Å²) in [7, 11) is 0. The first-order chi connectivity index (χ1) is 10.0. The van der Waals surface area contributed by atoms with Gasteiger partial charge in [0.15, 0.2) is 0 Å². The smallest absolute Gasteiger partial charge is 0.322 e. The number of likely N-dealkylation sites (tertiary alicyclic amines) is 1. The van der Waals surface area contributed by atoms with E-state index in [0.717, 1.165) is 43.5 Å². The second-order valence-electron chi connectivity index (χ2n) is 5.60. The maximum absolute atomic E-state index is 12.4. The highest BCUT2D eigenvalue weighted by Gasteiger charge is 2.28. The summed E-state index contributed by atoms with van der Waals surface area (Å²) < 4.78 is 0. The number of hydrogen-bond donors (Lipinski definition) is 2. The van der Waals surface area contributed by atoms with E-state index in [1.165, 1.54) is 0 Å². The zero-order chi connectivity index (χ0) is 15.4. The summed E-state index contributed by atoms with van der Waals surface area (Å²) in [4.78, 5) is 25.5. The van der Waals surface area contributed by atoms with Crippen LogP contribution < -0.4 is 11.1 Å². The minimum atomic E-state index is -0.460. The Bertz CT molecular complexity index is 542. The van der Waals surface area contributed by atoms with E-state index < -0.39 is 5.91 Å². The second kappa shape index (κ2) is 6.61. The van der Waals surface area contributed by atoms with Gasteiger partial charge in [-0.15, -0.1) is 0 Å². The molecule has 0 radical (unpaired) electrons. The van der Waals surface area contributed by atoms with Crippen LogP contribution in [0.5, 0.6) is 0 Å². The molecule has 1 aromatic carbocycles. The number of nitrogens with two attached hydrogens (primary N) is 1. The molecule has 1 atom stereocenters. The van der Waals surface area contributed by atoms with Gasteiger partial charge < -0.3 is 16.0 Å². The third-order valence-corrected chi connectivity index (χ3v) is 4.01. The fraction of sp³-hybridized carbons (Fsp3) is 0.500. The van der Waals surface area contributed by atoms with Gasteiger partial charge in [-0.2, -0.15) is 0 Å². The number of anilines is 1. The van der Waals surface area contributed by atoms with Crippen molar-refractivity contribution >= 4 is 17.6 Å². The number of nitrogens with zero attached hydrogens (tertiary/aromatic N) is 1. The molecule has 1 saturated heterocycles. The van der Waals surface area contributed by atoms with Crippen LogP contribution in [-0.2, 0) is 0 Å². The number of urea groups is 1. The summed E-state index contributed by atoms with van der Waals surface area (Å²) in [5.41, 5.74) is 7.27. The molecule has 1 fully saturated rings. The standard InChI is InChI=1S/C16H23N3O2/c1-3-5-13-6-4-9-19(13)16(21)18-14-8-7-12(15(17)20)10-11(14)2/h7-8,10,13H,3-6,9H2,1-2H3,(H2,17,20)(H,18,21)/t13-/m1/s1. The van der Waals surface area contributed by atoms with Crippen LogP contribution in [0.4, 0.5) is 10.5 Å². The van der Waals surface area contributed by atoms with Crippen molar-refractivity contribution in [2.75, 3.05) is 11.9 Å². The highest BCUT2D eigenvalue weighted by atomic mass is 16.2. The van der Waals surface area contributed by atoms with Gasteiger partial charge in [0.2, 0.25) is 5.91 Å². The van der Waals surface area contributed by atoms with Crippen molar-refractivity contribution in [3.05, 3.63) is 29.3 Å². The summed E-state index contributed by atoms with van der Waals surface area (Å²) >= 11 is 0. The molecule has 5 nitrogen and oxygen atoms in total. The lowest BCUT2D eigenvalue weighted by molar-refractivity contribution is 0.1000. The second-order valence-corrected chi connectivity index (χ2v) is 5.60. The number of carbonyl (C=O) groups is 2. The molecule has 3 amide bonds. The maximum atomic E-state index is 12.4. The van der Waals surface area contributed by atoms with Crippen molar-refractivity contribution in [2.24, 2.45) is 5.73 Å². The number of carbonyl (C=O) groups excluding carboxylic acids is 2. The molecular formula is C16H23N3O2. The Labute approximate surface area is 125 Å². The highest BCUT2D eigenvalue weighted by Crippen LogP contribution is 2.23. The number of amides is 3. The first-order valence-corrected chi connectivity index (χ1v) is 7.51. The molecule has 0 aromatic heterocycles. The van der Waals surface area contributed by atoms with Crippen LogP contribution in [0.2, 0.25) is 0 Å². The lowest BCUT2D eigenvalue weighted by Crippen LogP contribution is -2.38. The van der Waals surface area contributed by atoms with Crippen molar-refractivity contribution in [1.29, 1.82) is 0 Å². The normalized spacial score (nSPS) is 17.8. The van der Waals surface area contributed by atoms with E-state index in [4.69, 9.17) is 5.73 Å². The van der Waals surface area contributed by atoms with E-state index >= 15 is 0 Å². The minimum absolute atomic E-state index is 0.0547. The predicted molar refractivity (Wildman–Crippen MR) is 83.4 cm³/mol. The van der Waals surface area contributed by atoms with Crippen molar-refractivity contribution in [3.63, 3.8) is 0 Å². The molecule has 1 aromatic rings. The predicted octanol–water partition coefficient (Wildman–Crippen LogP) is 2.89. The third kappa shape index (κ3) is 3.54. The van der Waals surface area contributed by atoms with Crippen LogP contribution in [-0.4, -0.2) is 29.4 Å². The monoisotopic (exact) mass is 289 g/mol. The average Bonchev–Trinajstić information content (AvgIpc) is 2.89. The molecule has 0 saturated carbocycles. The van der Waals surface area contributed by atoms with Crippen LogP contribution in [0.3, 0.4) is 0 Å². The van der Waals surface area contributed by atoms with Gasteiger partial charge in [-0.05, 0) is 49.9 Å². The first-order valence-electron chi connectivity index (χ1n) is 7.51. The number of hydrogen-bond acceptors (Lipinski definition) is 2. The van der Waals surface area contributed by atoms with Gasteiger partial charge in [0.1, 0.15) is 0 Å². The highest BCUT2D eigenvalue weighted by molar-refractivity contribution is 5.95. The molecular weight excluding hydrogens is 266 g/mol. The van der Waals surface area contributed by atoms with E-state index in [0.29, 0.717) is 11.6 Å². The van der Waals surface area contributed by atoms with Crippen LogP contribution in [0.25, 0.3) is 0 Å². The van der Waals surface area contributed by atoms with E-state index in [9.17, 15) is 9.59 Å². The van der Waals surface area contributed by atoms with E-state index in [1.54, 1.807) is 18.2 Å². The molecule has 2 rings (SSSR count). The van der Waals surface area contributed by atoms with Crippen molar-refractivity contribution in [1.82, 2.24) is 4.90 Å². The molecule has 0 unspecified atom stereocenters. The summed E-state index contributed by atoms with van der Waals surface area (Å²) in [6.45, 7) is 4.81. The van der Waals surface area contributed by atoms with Crippen LogP contribution in [0.15, 0.2) is 18.2 Å². The van der Waals surface area contributed by atoms with Crippen molar-refractivity contribution in [3.8, 4) is 0 Å². The molecule has 21 heavy (non-hydrogen) atoms. The fourth-order valence-corrected chi connectivity index (χ4v) is 2.88. The Morgan fingerprint density at radius 2 is 2.19 bits per heavy atom. The minimum Gasteiger partial charge on any atom is -0.366 e. The van der Waals surface area contributed by atoms with Gasteiger partial charge in [0, 0.05) is 23.8 Å². The van der Waals surface area contributed by atoms with Gasteiger partial charge in [-0.1, -0.05) is 13.3 Å². The molecule has 5 heteroatoms. The van der Waals surface area contributed by atoms with Crippen LogP contribution >= 0.6 is 0 Å². The lowest BCUT2D eigenvalue weighted by Gasteiger charge is -2.25. The summed E-state index contributed by atoms with van der Waals surface area (Å²) in [5, 5.41) is 2.94. The summed E-state index contributed by atoms with van der Waals surface area (Å²) in [6, 6.07) is 5.36. The molecule has 1 heterocycles. The van der Waals surface area contributed by atoms with Gasteiger partial charge in [0.05, 0.1) is 0 Å². The van der Waals surface area contributed by atoms with Gasteiger partial charge in [-0.25, -0.2) is 4.79 Å². The number of primary amides is 1. The lowest BCUT2D eigenvalue weighted by atomic mass is 10.1. The maximum Gasteiger partial charge on any atom is 0.322 e. The molecule has 0 aliphatic carbocycles. The molecule has 114 valence electrons. The van der Waals surface area contributed by atoms with Gasteiger partial charge >= 0.3 is 6.03 Å². The van der Waals surface area contributed by atoms with Gasteiger partial charge in [-0.3, -0.25) is 4.79 Å². The van der Waals surface area contributed by atoms with Crippen molar-refractivity contribution < 1.29 is 9.59 Å².